The summed E-state index contributed by atoms with van der Waals surface area (Å²) in [5.41, 5.74) is 6.15. The van der Waals surface area contributed by atoms with Gasteiger partial charge in [-0.3, -0.25) is 0 Å². The summed E-state index contributed by atoms with van der Waals surface area (Å²) >= 11 is 17.5. The summed E-state index contributed by atoms with van der Waals surface area (Å²) in [6, 6.07) is 45.8. The van der Waals surface area contributed by atoms with E-state index in [2.05, 4.69) is 29.9 Å². The minimum Gasteiger partial charge on any atom is -0.456 e. The first kappa shape index (κ1) is 36.8. The molecule has 10 nitrogen and oxygen atoms in total. The van der Waals surface area contributed by atoms with Crippen molar-refractivity contribution in [1.82, 2.24) is 29.9 Å². The zero-order valence-corrected chi connectivity index (χ0v) is 31.2. The molecule has 0 saturated heterocycles. The van der Waals surface area contributed by atoms with Gasteiger partial charge in [0.15, 0.2) is 17.5 Å². The van der Waals surface area contributed by atoms with E-state index in [1.807, 2.05) is 133 Å². The lowest BCUT2D eigenvalue weighted by molar-refractivity contribution is 0.426. The van der Waals surface area contributed by atoms with Crippen LogP contribution in [0.15, 0.2) is 154 Å². The van der Waals surface area contributed by atoms with E-state index < -0.39 is 7.12 Å². The summed E-state index contributed by atoms with van der Waals surface area (Å²) in [4.78, 5) is 24.9. The fourth-order valence-corrected chi connectivity index (χ4v) is 6.73. The predicted octanol–water partition coefficient (Wildman–Crippen LogP) is 9.87. The smallest absolute Gasteiger partial charge is 0.456 e. The Kier molecular flexibility index (Phi) is 10.7. The van der Waals surface area contributed by atoms with Crippen LogP contribution in [0.5, 0.6) is 0 Å². The van der Waals surface area contributed by atoms with E-state index in [0.717, 1.165) is 55.0 Å². The molecule has 6 aromatic carbocycles. The second-order valence-corrected chi connectivity index (χ2v) is 13.2. The molecule has 0 bridgehead atoms. The van der Waals surface area contributed by atoms with E-state index >= 15 is 0 Å². The van der Waals surface area contributed by atoms with Gasteiger partial charge >= 0.3 is 7.12 Å². The maximum absolute atomic E-state index is 9.31. The van der Waals surface area contributed by atoms with Crippen molar-refractivity contribution in [2.75, 3.05) is 0 Å². The Morgan fingerprint density at radius 2 is 0.821 bits per heavy atom. The quantitative estimate of drug-likeness (QED) is 0.165. The molecule has 0 aliphatic carbocycles. The fraction of sp³-hybridized carbons (Fsp3) is 0. The molecule has 0 unspecified atom stereocenters. The molecule has 0 amide bonds. The normalized spacial score (nSPS) is 10.9. The maximum Gasteiger partial charge on any atom is 0.489 e. The zero-order valence-electron chi connectivity index (χ0n) is 29.0. The number of para-hydroxylation sites is 2. The van der Waals surface area contributed by atoms with Gasteiger partial charge in [-0.2, -0.15) is 24.9 Å². The van der Waals surface area contributed by atoms with E-state index in [0.29, 0.717) is 28.5 Å². The molecule has 4 heterocycles. The van der Waals surface area contributed by atoms with Crippen LogP contribution in [-0.4, -0.2) is 47.1 Å². The van der Waals surface area contributed by atoms with Crippen LogP contribution in [0.3, 0.4) is 0 Å². The molecular formula is C42H26BCl3N6O4. The summed E-state index contributed by atoms with van der Waals surface area (Å²) < 4.78 is 11.6. The van der Waals surface area contributed by atoms with Crippen molar-refractivity contribution >= 4 is 91.3 Å². The lowest BCUT2D eigenvalue weighted by Crippen LogP contribution is -2.30. The van der Waals surface area contributed by atoms with Crippen molar-refractivity contribution < 1.29 is 18.9 Å². The number of hydrogen-bond donors (Lipinski definition) is 2. The molecular weight excluding hydrogens is 770 g/mol. The van der Waals surface area contributed by atoms with Crippen LogP contribution < -0.4 is 5.46 Å². The van der Waals surface area contributed by atoms with E-state index in [9.17, 15) is 10.0 Å². The Balaban J connectivity index is 0.000000126. The molecule has 0 saturated carbocycles. The van der Waals surface area contributed by atoms with Gasteiger partial charge in [-0.1, -0.05) is 121 Å². The van der Waals surface area contributed by atoms with Gasteiger partial charge in [-0.15, -0.1) is 0 Å². The fourth-order valence-electron chi connectivity index (χ4n) is 6.21. The molecule has 10 rings (SSSR count). The molecule has 0 aliphatic rings. The third-order valence-corrected chi connectivity index (χ3v) is 9.12. The number of hydrogen-bond acceptors (Lipinski definition) is 10. The van der Waals surface area contributed by atoms with Crippen LogP contribution in [0, 0.1) is 0 Å². The Morgan fingerprint density at radius 1 is 0.393 bits per heavy atom. The lowest BCUT2D eigenvalue weighted by atomic mass is 9.77. The van der Waals surface area contributed by atoms with Crippen LogP contribution in [0.4, 0.5) is 0 Å². The average Bonchev–Trinajstić information content (AvgIpc) is 3.80. The Bertz CT molecular complexity index is 2950. The number of rotatable bonds is 4. The van der Waals surface area contributed by atoms with E-state index in [4.69, 9.17) is 43.6 Å². The van der Waals surface area contributed by atoms with Crippen LogP contribution in [-0.2, 0) is 0 Å². The van der Waals surface area contributed by atoms with Crippen LogP contribution in [0.25, 0.3) is 78.0 Å². The first-order chi connectivity index (χ1) is 27.3. The minimum absolute atomic E-state index is 0.101. The summed E-state index contributed by atoms with van der Waals surface area (Å²) in [5.74, 6) is 1.56. The SMILES string of the molecule is Clc1nc(-c2ccccc2)nc(-c2cccc3oc4ccccc4c23)n1.Clc1nc(Cl)nc(-c2ccccc2)n1.OB(O)c1cccc2oc3ccccc3c12. The highest BCUT2D eigenvalue weighted by molar-refractivity contribution is 6.62. The molecule has 0 radical (unpaired) electrons. The molecule has 272 valence electrons. The highest BCUT2D eigenvalue weighted by atomic mass is 35.5. The van der Waals surface area contributed by atoms with E-state index in [1.165, 1.54) is 0 Å². The minimum atomic E-state index is -1.48. The standard InChI is InChI=1S/C21H12ClN3O.C12H9BO3.C9H5Cl2N3/c22-21-24-19(13-7-2-1-3-8-13)23-20(25-21)15-10-6-12-17-18(15)14-9-4-5-11-16(14)26-17;14-13(15)9-5-3-7-11-12(9)8-4-1-2-6-10(8)16-11;10-8-12-7(13-9(11)14-8)6-4-2-1-3-5-6/h1-12H;1-7,14-15H;1-5H. The van der Waals surface area contributed by atoms with E-state index in [1.54, 1.807) is 12.1 Å². The molecule has 0 spiro atoms. The van der Waals surface area contributed by atoms with Crippen molar-refractivity contribution in [1.29, 1.82) is 0 Å². The Labute approximate surface area is 334 Å². The molecule has 2 N–H and O–H groups in total. The summed E-state index contributed by atoms with van der Waals surface area (Å²) in [7, 11) is -1.48. The summed E-state index contributed by atoms with van der Waals surface area (Å²) in [5, 5.41) is 22.7. The highest BCUT2D eigenvalue weighted by Crippen LogP contribution is 2.36. The van der Waals surface area contributed by atoms with Crippen molar-refractivity contribution in [3.8, 4) is 34.2 Å². The van der Waals surface area contributed by atoms with Crippen molar-refractivity contribution in [3.63, 3.8) is 0 Å². The first-order valence-electron chi connectivity index (χ1n) is 17.1. The lowest BCUT2D eigenvalue weighted by Gasteiger charge is -2.06. The maximum atomic E-state index is 9.31. The monoisotopic (exact) mass is 794 g/mol. The van der Waals surface area contributed by atoms with E-state index in [-0.39, 0.29) is 15.9 Å². The second kappa shape index (κ2) is 16.3. The Morgan fingerprint density at radius 3 is 1.39 bits per heavy atom. The number of aromatic nitrogens is 6. The van der Waals surface area contributed by atoms with Crippen LogP contribution >= 0.6 is 34.8 Å². The third-order valence-electron chi connectivity index (χ3n) is 8.61. The largest absolute Gasteiger partial charge is 0.489 e. The Hall–Kier alpha value is -6.21. The van der Waals surface area contributed by atoms with Gasteiger partial charge in [0.2, 0.25) is 15.9 Å². The average molecular weight is 796 g/mol. The summed E-state index contributed by atoms with van der Waals surface area (Å²) in [6.07, 6.45) is 0. The molecule has 0 aliphatic heterocycles. The van der Waals surface area contributed by atoms with Crippen molar-refractivity contribution in [3.05, 3.63) is 161 Å². The molecule has 4 aromatic heterocycles. The van der Waals surface area contributed by atoms with Gasteiger partial charge in [0.1, 0.15) is 22.3 Å². The van der Waals surface area contributed by atoms with Gasteiger partial charge in [0, 0.05) is 38.2 Å². The van der Waals surface area contributed by atoms with Crippen molar-refractivity contribution in [2.24, 2.45) is 0 Å². The highest BCUT2D eigenvalue weighted by Gasteiger charge is 2.19. The van der Waals surface area contributed by atoms with Gasteiger partial charge in [0.05, 0.1) is 0 Å². The topological polar surface area (TPSA) is 144 Å². The molecule has 0 atom stereocenters. The number of furan rings is 2. The van der Waals surface area contributed by atoms with Crippen LogP contribution in [0.2, 0.25) is 15.9 Å². The van der Waals surface area contributed by atoms with Crippen LogP contribution in [0.1, 0.15) is 0 Å². The molecule has 0 fully saturated rings. The number of benzene rings is 6. The predicted molar refractivity (Wildman–Crippen MR) is 222 cm³/mol. The summed E-state index contributed by atoms with van der Waals surface area (Å²) in [6.45, 7) is 0. The van der Waals surface area contributed by atoms with Gasteiger partial charge in [0.25, 0.3) is 0 Å². The first-order valence-corrected chi connectivity index (χ1v) is 18.2. The van der Waals surface area contributed by atoms with Crippen molar-refractivity contribution in [2.45, 2.75) is 0 Å². The molecule has 10 aromatic rings. The number of halogens is 3. The third kappa shape index (κ3) is 7.81. The number of fused-ring (bicyclic) bond motifs is 6. The van der Waals surface area contributed by atoms with Gasteiger partial charge < -0.3 is 18.9 Å². The number of nitrogens with zero attached hydrogens (tertiary/aromatic N) is 6. The molecule has 14 heteroatoms. The van der Waals surface area contributed by atoms with Gasteiger partial charge in [-0.25, -0.2) is 4.98 Å². The second-order valence-electron chi connectivity index (χ2n) is 12.1. The zero-order chi connectivity index (χ0) is 38.6. The van der Waals surface area contributed by atoms with Gasteiger partial charge in [-0.05, 0) is 64.5 Å². The molecule has 56 heavy (non-hydrogen) atoms.